The molecule has 0 atom stereocenters. The van der Waals surface area contributed by atoms with E-state index < -0.39 is 25.5 Å². The van der Waals surface area contributed by atoms with Gasteiger partial charge < -0.3 is 5.11 Å². The molecule has 0 fully saturated rings. The van der Waals surface area contributed by atoms with Crippen LogP contribution in [0.1, 0.15) is 99.0 Å². The molecule has 0 aliphatic carbocycles. The molecular weight excluding hydrogens is 1050 g/mol. The molecule has 0 aliphatic heterocycles. The number of phenolic OH excluding ortho intramolecular Hbond substituents is 1. The Balaban J connectivity index is 0.00000757. The molecule has 0 aliphatic rings. The van der Waals surface area contributed by atoms with E-state index in [9.17, 15) is 7.85 Å². The summed E-state index contributed by atoms with van der Waals surface area (Å²) in [6.45, 7) is 8.54. The van der Waals surface area contributed by atoms with Crippen LogP contribution in [0.5, 0.6) is 5.75 Å². The van der Waals surface area contributed by atoms with Gasteiger partial charge >= 0.3 is 0 Å². The van der Waals surface area contributed by atoms with Gasteiger partial charge in [-0.15, -0.1) is 23.8 Å². The molecule has 71 heavy (non-hydrogen) atoms. The summed E-state index contributed by atoms with van der Waals surface area (Å²) in [5, 5.41) is 12.6. The summed E-state index contributed by atoms with van der Waals surface area (Å²) in [4.78, 5) is 10.4. The number of pyridine rings is 1. The minimum Gasteiger partial charge on any atom is -0.507 e. The van der Waals surface area contributed by atoms with Crippen LogP contribution in [0.3, 0.4) is 0 Å². The van der Waals surface area contributed by atoms with E-state index in [1.165, 1.54) is 0 Å². The quantitative estimate of drug-likeness (QED) is 0.139. The molecule has 10 aromatic rings. The molecule has 1 N–H and O–H groups in total. The fourth-order valence-electron chi connectivity index (χ4n) is 9.30. The van der Waals surface area contributed by atoms with Gasteiger partial charge in [0.15, 0.2) is 0 Å². The molecule has 0 spiro atoms. The Morgan fingerprint density at radius 2 is 1.24 bits per heavy atom. The van der Waals surface area contributed by atoms with E-state index in [0.717, 1.165) is 38.9 Å². The Kier molecular flexibility index (Phi) is 11.1. The minimum absolute atomic E-state index is 0. The van der Waals surface area contributed by atoms with Gasteiger partial charge in [-0.05, 0) is 117 Å². The third-order valence-electron chi connectivity index (χ3n) is 13.2. The van der Waals surface area contributed by atoms with Crippen molar-refractivity contribution in [2.75, 3.05) is 0 Å². The summed E-state index contributed by atoms with van der Waals surface area (Å²) in [5.41, 5.74) is 13.1. The molecule has 2 heterocycles. The van der Waals surface area contributed by atoms with E-state index in [0.29, 0.717) is 61.4 Å². The van der Waals surface area contributed by atoms with Crippen LogP contribution >= 0.6 is 0 Å². The van der Waals surface area contributed by atoms with Gasteiger partial charge in [0.05, 0.1) is 22.3 Å². The van der Waals surface area contributed by atoms with Crippen molar-refractivity contribution in [2.45, 2.75) is 79.4 Å². The number of imidazole rings is 1. The topological polar surface area (TPSA) is 50.9 Å². The summed E-state index contributed by atoms with van der Waals surface area (Å²) in [6.07, 6.45) is 1.73. The molecule has 4 nitrogen and oxygen atoms in total. The van der Waals surface area contributed by atoms with Crippen molar-refractivity contribution < 1.29 is 37.1 Å². The maximum atomic E-state index is 12.6. The van der Waals surface area contributed by atoms with Crippen molar-refractivity contribution in [3.63, 3.8) is 0 Å². The van der Waals surface area contributed by atoms with Crippen LogP contribution in [0, 0.1) is 19.8 Å². The van der Waals surface area contributed by atoms with Crippen molar-refractivity contribution in [3.05, 3.63) is 216 Å². The molecule has 0 unspecified atom stereocenters. The Hall–Kier alpha value is -7.13. The van der Waals surface area contributed by atoms with Crippen LogP contribution < -0.4 is 0 Å². The normalized spacial score (nSPS) is 14.0. The second-order valence-corrected chi connectivity index (χ2v) is 19.5. The summed E-state index contributed by atoms with van der Waals surface area (Å²) in [6, 6.07) is 59.5. The standard InChI is InChI=1S/C66H60N3O.Pt/c1-41(2)50-37-56(42(3)4)64(70)59(38-50)65-68-63-55(52-34-51(45-17-12-10-13-18-45)35-53(36-52)60-39-49(31-32-67-60)46-25-23-43(5)24-26-46)21-16-22-61(63)69(65)62-33-44(6)57(40-58(62)47-19-14-11-15-20-47)48-27-29-54(30-28-48)66(7,8)9;/h10-35,37-42,70H,1-9H3;/q-1;/i5D3,6D3,41D,42D;. The number of hydrogen-bond donors (Lipinski definition) is 1. The van der Waals surface area contributed by atoms with Gasteiger partial charge in [-0.1, -0.05) is 204 Å². The first-order chi connectivity index (χ1) is 36.7. The van der Waals surface area contributed by atoms with E-state index in [-0.39, 0.29) is 54.7 Å². The summed E-state index contributed by atoms with van der Waals surface area (Å²) < 4.78 is 71.6. The number of rotatable bonds is 10. The van der Waals surface area contributed by atoms with Crippen LogP contribution in [-0.2, 0) is 26.5 Å². The van der Waals surface area contributed by atoms with Crippen LogP contribution in [0.25, 0.3) is 95.0 Å². The monoisotopic (exact) mass is 1110 g/mol. The molecule has 0 saturated carbocycles. The van der Waals surface area contributed by atoms with Crippen molar-refractivity contribution in [1.82, 2.24) is 14.5 Å². The van der Waals surface area contributed by atoms with E-state index >= 15 is 0 Å². The van der Waals surface area contributed by atoms with Crippen LogP contribution in [0.2, 0.25) is 0 Å². The molecule has 0 bridgehead atoms. The number of aromatic hydroxyl groups is 1. The van der Waals surface area contributed by atoms with Gasteiger partial charge in [0.1, 0.15) is 11.6 Å². The molecular formula is C66H60N3OPt-. The fourth-order valence-corrected chi connectivity index (χ4v) is 9.30. The predicted octanol–water partition coefficient (Wildman–Crippen LogP) is 17.8. The zero-order valence-electron chi connectivity index (χ0n) is 48.9. The Bertz CT molecular complexity index is 3870. The number of benzene rings is 8. The second-order valence-electron chi connectivity index (χ2n) is 19.5. The zero-order chi connectivity index (χ0) is 55.7. The minimum atomic E-state index is -2.58. The third kappa shape index (κ3) is 9.71. The SMILES string of the molecule is [2H]C([2H])([2H])c1ccc(-c2ccnc(-c3[c-]c(-c4cccc5c4nc(-c4cc(C([2H])(C)C)cc(C([2H])(C)C)c4O)n5-c4cc(C([2H])([2H])[2H])c(-c5ccc(C(C)(C)C)cc5)cc4-c4ccccc4)cc(-c4ccccc4)c3)c2)cc1.[Pt]. The summed E-state index contributed by atoms with van der Waals surface area (Å²) in [7, 11) is 0. The summed E-state index contributed by atoms with van der Waals surface area (Å²) >= 11 is 0. The number of nitrogens with zero attached hydrogens (tertiary/aromatic N) is 3. The smallest absolute Gasteiger partial charge is 0.148 e. The van der Waals surface area contributed by atoms with Crippen molar-refractivity contribution in [1.29, 1.82) is 0 Å². The van der Waals surface area contributed by atoms with Crippen molar-refractivity contribution >= 4 is 11.0 Å². The average Bonchev–Trinajstić information content (AvgIpc) is 4.00. The largest absolute Gasteiger partial charge is 0.507 e. The first-order valence-electron chi connectivity index (χ1n) is 27.7. The maximum absolute atomic E-state index is 12.6. The number of hydrogen-bond acceptors (Lipinski definition) is 3. The number of phenols is 1. The van der Waals surface area contributed by atoms with Gasteiger partial charge in [-0.3, -0.25) is 9.55 Å². The van der Waals surface area contributed by atoms with Gasteiger partial charge in [-0.2, -0.15) is 0 Å². The molecule has 0 saturated heterocycles. The maximum Gasteiger partial charge on any atom is 0.148 e. The fraction of sp³-hybridized carbons (Fsp3) is 0.182. The Morgan fingerprint density at radius 3 is 1.90 bits per heavy atom. The van der Waals surface area contributed by atoms with E-state index in [2.05, 4.69) is 45.0 Å². The van der Waals surface area contributed by atoms with Crippen molar-refractivity contribution in [3.8, 4) is 89.7 Å². The predicted molar refractivity (Wildman–Crippen MR) is 294 cm³/mol. The van der Waals surface area contributed by atoms with E-state index in [4.69, 9.17) is 18.2 Å². The first-order valence-corrected chi connectivity index (χ1v) is 23.7. The molecule has 356 valence electrons. The molecule has 5 heteroatoms. The Morgan fingerprint density at radius 1 is 0.577 bits per heavy atom. The number of aromatic nitrogens is 3. The van der Waals surface area contributed by atoms with Crippen LogP contribution in [0.15, 0.2) is 182 Å². The van der Waals surface area contributed by atoms with E-state index in [1.54, 1.807) is 76.4 Å². The van der Waals surface area contributed by atoms with Gasteiger partial charge in [0.25, 0.3) is 0 Å². The molecule has 10 rings (SSSR count). The third-order valence-corrected chi connectivity index (χ3v) is 13.2. The van der Waals surface area contributed by atoms with Gasteiger partial charge in [0, 0.05) is 49.5 Å². The number of fused-ring (bicyclic) bond motifs is 1. The Labute approximate surface area is 445 Å². The van der Waals surface area contributed by atoms with Crippen LogP contribution in [-0.4, -0.2) is 19.6 Å². The van der Waals surface area contributed by atoms with E-state index in [1.807, 2.05) is 120 Å². The average molecular weight is 1110 g/mol. The van der Waals surface area contributed by atoms with Gasteiger partial charge in [0.2, 0.25) is 0 Å². The zero-order valence-corrected chi connectivity index (χ0v) is 43.2. The summed E-state index contributed by atoms with van der Waals surface area (Å²) in [5.74, 6) is -2.35. The first kappa shape index (κ1) is 39.6. The van der Waals surface area contributed by atoms with Crippen LogP contribution in [0.4, 0.5) is 0 Å². The second kappa shape index (κ2) is 19.9. The molecule has 2 aromatic heterocycles. The number of para-hydroxylation sites is 1. The van der Waals surface area contributed by atoms with Crippen molar-refractivity contribution in [2.24, 2.45) is 0 Å². The molecule has 0 radical (unpaired) electrons. The molecule has 8 aromatic carbocycles. The molecule has 0 amide bonds. The van der Waals surface area contributed by atoms with Gasteiger partial charge in [-0.25, -0.2) is 4.98 Å². The number of aryl methyl sites for hydroxylation is 2.